The third kappa shape index (κ3) is 4.04. The summed E-state index contributed by atoms with van der Waals surface area (Å²) in [4.78, 5) is 36.9. The highest BCUT2D eigenvalue weighted by Crippen LogP contribution is 2.38. The standard InChI is InChI=1S/C24H17FN2O7/c1-32-23(28)22-18(4-3-5-19(22)27(30)31)26(24(29)33-2)21-13-16-12-15(8-11-20(16)34-21)14-6-9-17(25)10-7-14/h3-13H,1-2H3. The molecule has 0 radical (unpaired) electrons. The Balaban J connectivity index is 1.88. The maximum absolute atomic E-state index is 13.3. The molecular formula is C24H17FN2O7. The second kappa shape index (κ2) is 9.02. The van der Waals surface area contributed by atoms with Gasteiger partial charge in [-0.15, -0.1) is 0 Å². The van der Waals surface area contributed by atoms with Gasteiger partial charge in [0.2, 0.25) is 5.88 Å². The molecule has 1 aromatic heterocycles. The summed E-state index contributed by atoms with van der Waals surface area (Å²) in [6.45, 7) is 0. The molecule has 4 aromatic rings. The van der Waals surface area contributed by atoms with Crippen molar-refractivity contribution < 1.29 is 32.8 Å². The number of fused-ring (bicyclic) bond motifs is 1. The Morgan fingerprint density at radius 1 is 0.971 bits per heavy atom. The van der Waals surface area contributed by atoms with Crippen LogP contribution >= 0.6 is 0 Å². The SMILES string of the molecule is COC(=O)c1c(N(C(=O)OC)c2cc3cc(-c4ccc(F)cc4)ccc3o2)cccc1[N+](=O)[O-]. The van der Waals surface area contributed by atoms with E-state index in [1.165, 1.54) is 30.3 Å². The van der Waals surface area contributed by atoms with E-state index in [1.54, 1.807) is 30.3 Å². The molecule has 0 aliphatic heterocycles. The van der Waals surface area contributed by atoms with Gasteiger partial charge < -0.3 is 13.9 Å². The first-order valence-corrected chi connectivity index (χ1v) is 9.87. The molecular weight excluding hydrogens is 447 g/mol. The fourth-order valence-electron chi connectivity index (χ4n) is 3.54. The lowest BCUT2D eigenvalue weighted by Gasteiger charge is -2.20. The van der Waals surface area contributed by atoms with Gasteiger partial charge in [-0.25, -0.2) is 18.9 Å². The normalized spacial score (nSPS) is 10.7. The molecule has 0 saturated heterocycles. The van der Waals surface area contributed by atoms with Gasteiger partial charge in [0.15, 0.2) is 5.56 Å². The van der Waals surface area contributed by atoms with Crippen LogP contribution in [0.1, 0.15) is 10.4 Å². The first kappa shape index (κ1) is 22.5. The monoisotopic (exact) mass is 464 g/mol. The number of carbonyl (C=O) groups excluding carboxylic acids is 2. The van der Waals surface area contributed by atoms with Gasteiger partial charge in [0.25, 0.3) is 5.69 Å². The Hall–Kier alpha value is -4.73. The minimum absolute atomic E-state index is 0.0382. The van der Waals surface area contributed by atoms with E-state index in [-0.39, 0.29) is 17.4 Å². The van der Waals surface area contributed by atoms with Crippen LogP contribution in [0, 0.1) is 15.9 Å². The molecule has 0 N–H and O–H groups in total. The van der Waals surface area contributed by atoms with Crippen LogP contribution in [0.2, 0.25) is 0 Å². The Morgan fingerprint density at radius 3 is 2.32 bits per heavy atom. The third-order valence-corrected chi connectivity index (χ3v) is 5.11. The largest absolute Gasteiger partial charge is 0.465 e. The summed E-state index contributed by atoms with van der Waals surface area (Å²) in [5, 5.41) is 12.1. The molecule has 172 valence electrons. The second-order valence-corrected chi connectivity index (χ2v) is 7.07. The van der Waals surface area contributed by atoms with E-state index in [0.29, 0.717) is 11.0 Å². The second-order valence-electron chi connectivity index (χ2n) is 7.07. The molecule has 1 amide bonds. The summed E-state index contributed by atoms with van der Waals surface area (Å²) in [5.74, 6) is -1.41. The van der Waals surface area contributed by atoms with Crippen LogP contribution < -0.4 is 4.90 Å². The number of methoxy groups -OCH3 is 2. The number of hydrogen-bond acceptors (Lipinski definition) is 7. The van der Waals surface area contributed by atoms with Crippen molar-refractivity contribution in [2.24, 2.45) is 0 Å². The first-order valence-electron chi connectivity index (χ1n) is 9.87. The maximum Gasteiger partial charge on any atom is 0.421 e. The zero-order chi connectivity index (χ0) is 24.4. The van der Waals surface area contributed by atoms with E-state index in [2.05, 4.69) is 0 Å². The van der Waals surface area contributed by atoms with Crippen LogP contribution in [-0.4, -0.2) is 31.2 Å². The highest BCUT2D eigenvalue weighted by Gasteiger charge is 2.33. The summed E-state index contributed by atoms with van der Waals surface area (Å²) < 4.78 is 28.7. The van der Waals surface area contributed by atoms with Gasteiger partial charge in [-0.2, -0.15) is 0 Å². The molecule has 0 bridgehead atoms. The molecule has 1 heterocycles. The number of benzene rings is 3. The minimum atomic E-state index is -1.01. The van der Waals surface area contributed by atoms with Crippen molar-refractivity contribution in [1.29, 1.82) is 0 Å². The number of nitrogens with zero attached hydrogens (tertiary/aromatic N) is 2. The summed E-state index contributed by atoms with van der Waals surface area (Å²) in [5.41, 5.74) is 0.809. The van der Waals surface area contributed by atoms with Crippen molar-refractivity contribution in [3.05, 3.63) is 88.2 Å². The van der Waals surface area contributed by atoms with Gasteiger partial charge in [0.05, 0.1) is 24.8 Å². The number of nitro groups is 1. The average Bonchev–Trinajstić information content (AvgIpc) is 3.26. The lowest BCUT2D eigenvalue weighted by molar-refractivity contribution is -0.385. The molecule has 0 aliphatic rings. The quantitative estimate of drug-likeness (QED) is 0.207. The van der Waals surface area contributed by atoms with E-state index < -0.39 is 28.2 Å². The lowest BCUT2D eigenvalue weighted by Crippen LogP contribution is -2.27. The molecule has 0 atom stereocenters. The number of nitro benzene ring substituents is 1. The predicted octanol–water partition coefficient (Wildman–Crippen LogP) is 5.84. The van der Waals surface area contributed by atoms with E-state index in [1.807, 2.05) is 0 Å². The Morgan fingerprint density at radius 2 is 1.68 bits per heavy atom. The number of esters is 1. The summed E-state index contributed by atoms with van der Waals surface area (Å²) >= 11 is 0. The van der Waals surface area contributed by atoms with Crippen LogP contribution in [0.5, 0.6) is 0 Å². The lowest BCUT2D eigenvalue weighted by atomic mass is 10.0. The first-order chi connectivity index (χ1) is 16.3. The number of furan rings is 1. The zero-order valence-corrected chi connectivity index (χ0v) is 18.0. The van der Waals surface area contributed by atoms with E-state index in [4.69, 9.17) is 13.9 Å². The van der Waals surface area contributed by atoms with Gasteiger partial charge in [0.1, 0.15) is 11.4 Å². The van der Waals surface area contributed by atoms with Crippen LogP contribution in [0.4, 0.5) is 26.4 Å². The van der Waals surface area contributed by atoms with E-state index >= 15 is 0 Å². The number of rotatable bonds is 5. The van der Waals surface area contributed by atoms with E-state index in [0.717, 1.165) is 36.3 Å². The van der Waals surface area contributed by atoms with Crippen LogP contribution in [0.15, 0.2) is 71.1 Å². The molecule has 34 heavy (non-hydrogen) atoms. The van der Waals surface area contributed by atoms with Crippen LogP contribution in [0.25, 0.3) is 22.1 Å². The summed E-state index contributed by atoms with van der Waals surface area (Å²) in [7, 11) is 2.20. The topological polar surface area (TPSA) is 112 Å². The van der Waals surface area contributed by atoms with Gasteiger partial charge in [-0.05, 0) is 41.5 Å². The number of anilines is 2. The number of ether oxygens (including phenoxy) is 2. The molecule has 0 spiro atoms. The van der Waals surface area contributed by atoms with Crippen molar-refractivity contribution >= 4 is 40.3 Å². The smallest absolute Gasteiger partial charge is 0.421 e. The summed E-state index contributed by atoms with van der Waals surface area (Å²) in [6, 6.07) is 16.5. The molecule has 0 aliphatic carbocycles. The number of hydrogen-bond donors (Lipinski definition) is 0. The fraction of sp³-hybridized carbons (Fsp3) is 0.0833. The van der Waals surface area contributed by atoms with Crippen molar-refractivity contribution in [3.63, 3.8) is 0 Å². The molecule has 3 aromatic carbocycles. The zero-order valence-electron chi connectivity index (χ0n) is 18.0. The maximum atomic E-state index is 13.3. The van der Waals surface area contributed by atoms with Crippen LogP contribution in [-0.2, 0) is 9.47 Å². The molecule has 0 unspecified atom stereocenters. The number of halogens is 1. The predicted molar refractivity (Wildman–Crippen MR) is 121 cm³/mol. The molecule has 10 heteroatoms. The fourth-order valence-corrected chi connectivity index (χ4v) is 3.54. The van der Waals surface area contributed by atoms with Crippen molar-refractivity contribution in [2.45, 2.75) is 0 Å². The van der Waals surface area contributed by atoms with Crippen molar-refractivity contribution in [1.82, 2.24) is 0 Å². The highest BCUT2D eigenvalue weighted by atomic mass is 19.1. The Bertz CT molecular complexity index is 1410. The highest BCUT2D eigenvalue weighted by molar-refractivity contribution is 6.07. The van der Waals surface area contributed by atoms with Crippen molar-refractivity contribution in [2.75, 3.05) is 19.1 Å². The average molecular weight is 464 g/mol. The van der Waals surface area contributed by atoms with Crippen molar-refractivity contribution in [3.8, 4) is 11.1 Å². The summed E-state index contributed by atoms with van der Waals surface area (Å²) in [6.07, 6.45) is -0.941. The molecule has 9 nitrogen and oxygen atoms in total. The van der Waals surface area contributed by atoms with Gasteiger partial charge >= 0.3 is 12.1 Å². The Kier molecular flexibility index (Phi) is 5.96. The number of carbonyl (C=O) groups is 2. The molecule has 4 rings (SSSR count). The third-order valence-electron chi connectivity index (χ3n) is 5.11. The number of amides is 1. The Labute approximate surface area is 192 Å². The van der Waals surface area contributed by atoms with Gasteiger partial charge in [0, 0.05) is 17.5 Å². The molecule has 0 fully saturated rings. The molecule has 0 saturated carbocycles. The minimum Gasteiger partial charge on any atom is -0.465 e. The van der Waals surface area contributed by atoms with Gasteiger partial charge in [-0.1, -0.05) is 24.3 Å². The van der Waals surface area contributed by atoms with E-state index in [9.17, 15) is 24.1 Å². The van der Waals surface area contributed by atoms with Gasteiger partial charge in [-0.3, -0.25) is 10.1 Å². The van der Waals surface area contributed by atoms with Crippen LogP contribution in [0.3, 0.4) is 0 Å².